The first kappa shape index (κ1) is 10.4. The number of aryl methyl sites for hydroxylation is 1. The fraction of sp³-hybridized carbons (Fsp3) is 0.308. The van der Waals surface area contributed by atoms with Crippen LogP contribution in [0.4, 0.5) is 0 Å². The number of rotatable bonds is 1. The summed E-state index contributed by atoms with van der Waals surface area (Å²) >= 11 is 0. The molecule has 1 fully saturated rings. The quantitative estimate of drug-likeness (QED) is 0.767. The molecule has 2 N–H and O–H groups in total. The Balaban J connectivity index is 2.14. The molecule has 1 aromatic rings. The van der Waals surface area contributed by atoms with Gasteiger partial charge in [0.15, 0.2) is 5.60 Å². The number of carboxylic acid groups (broad SMARTS) is 1. The average molecular weight is 231 g/mol. The third-order valence-electron chi connectivity index (χ3n) is 3.33. The predicted molar refractivity (Wildman–Crippen MR) is 63.4 cm³/mol. The Morgan fingerprint density at radius 2 is 2.24 bits per heavy atom. The Hall–Kier alpha value is -1.81. The number of benzene rings is 1. The van der Waals surface area contributed by atoms with Crippen molar-refractivity contribution in [3.63, 3.8) is 0 Å². The van der Waals surface area contributed by atoms with E-state index in [1.165, 1.54) is 0 Å². The van der Waals surface area contributed by atoms with Crippen LogP contribution in [0.5, 0.6) is 5.75 Å². The van der Waals surface area contributed by atoms with Gasteiger partial charge >= 0.3 is 5.97 Å². The van der Waals surface area contributed by atoms with Crippen LogP contribution in [-0.4, -0.2) is 29.8 Å². The maximum Gasteiger partial charge on any atom is 0.339 e. The lowest BCUT2D eigenvalue weighted by atomic mass is 9.91. The Morgan fingerprint density at radius 3 is 2.82 bits per heavy atom. The standard InChI is InChI=1S/C13H13NO3/c1-8-2-3-9-4-5-13(6-14-7-13)17-11(9)10(8)12(15)16/h2-5,14H,6-7H2,1H3,(H,15,16). The van der Waals surface area contributed by atoms with Crippen molar-refractivity contribution in [2.75, 3.05) is 13.1 Å². The van der Waals surface area contributed by atoms with Gasteiger partial charge in [-0.2, -0.15) is 0 Å². The molecule has 0 radical (unpaired) electrons. The molecule has 2 aliphatic rings. The van der Waals surface area contributed by atoms with Gasteiger partial charge in [0, 0.05) is 18.7 Å². The largest absolute Gasteiger partial charge is 0.479 e. The molecule has 0 bridgehead atoms. The summed E-state index contributed by atoms with van der Waals surface area (Å²) in [6.07, 6.45) is 3.96. The van der Waals surface area contributed by atoms with Crippen LogP contribution in [0.1, 0.15) is 21.5 Å². The summed E-state index contributed by atoms with van der Waals surface area (Å²) in [5.74, 6) is -0.432. The van der Waals surface area contributed by atoms with E-state index >= 15 is 0 Å². The molecule has 1 aromatic carbocycles. The number of hydrogen-bond acceptors (Lipinski definition) is 3. The van der Waals surface area contributed by atoms with E-state index in [0.29, 0.717) is 5.75 Å². The molecule has 0 atom stereocenters. The van der Waals surface area contributed by atoms with Crippen molar-refractivity contribution in [1.29, 1.82) is 0 Å². The molecule has 0 aromatic heterocycles. The zero-order chi connectivity index (χ0) is 12.0. The van der Waals surface area contributed by atoms with Crippen molar-refractivity contribution in [3.05, 3.63) is 34.9 Å². The summed E-state index contributed by atoms with van der Waals surface area (Å²) in [4.78, 5) is 11.3. The lowest BCUT2D eigenvalue weighted by molar-refractivity contribution is 0.0552. The molecule has 4 nitrogen and oxygen atoms in total. The highest BCUT2D eigenvalue weighted by atomic mass is 16.5. The molecule has 0 saturated carbocycles. The highest BCUT2D eigenvalue weighted by Crippen LogP contribution is 2.37. The summed E-state index contributed by atoms with van der Waals surface area (Å²) in [5.41, 5.74) is 1.50. The third kappa shape index (κ3) is 1.45. The first-order valence-electron chi connectivity index (χ1n) is 5.57. The number of carbonyl (C=O) groups is 1. The molecule has 1 spiro atoms. The van der Waals surface area contributed by atoms with Gasteiger partial charge < -0.3 is 15.2 Å². The second kappa shape index (κ2) is 3.34. The second-order valence-electron chi connectivity index (χ2n) is 4.58. The molecular formula is C13H13NO3. The third-order valence-corrected chi connectivity index (χ3v) is 3.33. The Kier molecular flexibility index (Phi) is 2.03. The van der Waals surface area contributed by atoms with Gasteiger partial charge in [0.25, 0.3) is 0 Å². The van der Waals surface area contributed by atoms with Crippen LogP contribution in [0.2, 0.25) is 0 Å². The number of aromatic carboxylic acids is 1. The van der Waals surface area contributed by atoms with Crippen LogP contribution in [0.25, 0.3) is 6.08 Å². The lowest BCUT2D eigenvalue weighted by Crippen LogP contribution is -2.62. The zero-order valence-corrected chi connectivity index (χ0v) is 9.49. The van der Waals surface area contributed by atoms with E-state index in [1.807, 2.05) is 24.3 Å². The summed E-state index contributed by atoms with van der Waals surface area (Å²) in [7, 11) is 0. The fourth-order valence-electron chi connectivity index (χ4n) is 2.24. The van der Waals surface area contributed by atoms with Crippen molar-refractivity contribution in [2.45, 2.75) is 12.5 Å². The van der Waals surface area contributed by atoms with E-state index in [4.69, 9.17) is 4.74 Å². The summed E-state index contributed by atoms with van der Waals surface area (Å²) in [6.45, 7) is 3.25. The predicted octanol–water partition coefficient (Wildman–Crippen LogP) is 1.44. The van der Waals surface area contributed by atoms with Gasteiger partial charge in [-0.15, -0.1) is 0 Å². The summed E-state index contributed by atoms with van der Waals surface area (Å²) in [6, 6.07) is 3.71. The van der Waals surface area contributed by atoms with Crippen molar-refractivity contribution in [3.8, 4) is 5.75 Å². The topological polar surface area (TPSA) is 58.6 Å². The number of ether oxygens (including phenoxy) is 1. The fourth-order valence-corrected chi connectivity index (χ4v) is 2.24. The number of hydrogen-bond donors (Lipinski definition) is 2. The Morgan fingerprint density at radius 1 is 1.47 bits per heavy atom. The first-order valence-corrected chi connectivity index (χ1v) is 5.57. The SMILES string of the molecule is Cc1ccc2c(c1C(=O)O)OC1(C=C2)CNC1. The van der Waals surface area contributed by atoms with Gasteiger partial charge in [0.2, 0.25) is 0 Å². The van der Waals surface area contributed by atoms with Gasteiger partial charge in [-0.1, -0.05) is 18.2 Å². The highest BCUT2D eigenvalue weighted by molar-refractivity contribution is 5.94. The molecule has 2 aliphatic heterocycles. The van der Waals surface area contributed by atoms with E-state index < -0.39 is 5.97 Å². The number of carboxylic acids is 1. The lowest BCUT2D eigenvalue weighted by Gasteiger charge is -2.42. The maximum atomic E-state index is 11.3. The molecule has 2 heterocycles. The molecule has 0 amide bonds. The van der Waals surface area contributed by atoms with Crippen LogP contribution in [0.3, 0.4) is 0 Å². The van der Waals surface area contributed by atoms with E-state index in [1.54, 1.807) is 6.92 Å². The van der Waals surface area contributed by atoms with Crippen molar-refractivity contribution in [2.24, 2.45) is 0 Å². The maximum absolute atomic E-state index is 11.3. The first-order chi connectivity index (χ1) is 8.11. The Bertz CT molecular complexity index is 530. The average Bonchev–Trinajstić information content (AvgIpc) is 2.25. The smallest absolute Gasteiger partial charge is 0.339 e. The molecular weight excluding hydrogens is 218 g/mol. The number of nitrogens with one attached hydrogen (secondary N) is 1. The van der Waals surface area contributed by atoms with Crippen molar-refractivity contribution in [1.82, 2.24) is 5.32 Å². The molecule has 4 heteroatoms. The van der Waals surface area contributed by atoms with E-state index in [0.717, 1.165) is 24.2 Å². The normalized spacial score (nSPS) is 19.4. The minimum Gasteiger partial charge on any atom is -0.479 e. The molecule has 3 rings (SSSR count). The summed E-state index contributed by atoms with van der Waals surface area (Å²) < 4.78 is 5.90. The van der Waals surface area contributed by atoms with Gasteiger partial charge in [-0.3, -0.25) is 0 Å². The molecule has 0 aliphatic carbocycles. The zero-order valence-electron chi connectivity index (χ0n) is 9.49. The van der Waals surface area contributed by atoms with Crippen LogP contribution in [0.15, 0.2) is 18.2 Å². The van der Waals surface area contributed by atoms with Crippen LogP contribution >= 0.6 is 0 Å². The second-order valence-corrected chi connectivity index (χ2v) is 4.58. The van der Waals surface area contributed by atoms with Gasteiger partial charge in [0.1, 0.15) is 11.3 Å². The number of fused-ring (bicyclic) bond motifs is 1. The van der Waals surface area contributed by atoms with E-state index in [9.17, 15) is 9.90 Å². The molecule has 88 valence electrons. The van der Waals surface area contributed by atoms with E-state index in [-0.39, 0.29) is 11.2 Å². The Labute approximate surface area is 98.9 Å². The van der Waals surface area contributed by atoms with Crippen molar-refractivity contribution >= 4 is 12.0 Å². The van der Waals surface area contributed by atoms with Crippen LogP contribution in [-0.2, 0) is 0 Å². The van der Waals surface area contributed by atoms with Gasteiger partial charge in [0.05, 0.1) is 0 Å². The van der Waals surface area contributed by atoms with Gasteiger partial charge in [-0.25, -0.2) is 4.79 Å². The van der Waals surface area contributed by atoms with E-state index in [2.05, 4.69) is 5.32 Å². The summed E-state index contributed by atoms with van der Waals surface area (Å²) in [5, 5.41) is 12.4. The monoisotopic (exact) mass is 231 g/mol. The molecule has 17 heavy (non-hydrogen) atoms. The van der Waals surface area contributed by atoms with Crippen LogP contribution < -0.4 is 10.1 Å². The minimum atomic E-state index is -0.933. The van der Waals surface area contributed by atoms with Gasteiger partial charge in [-0.05, 0) is 18.6 Å². The van der Waals surface area contributed by atoms with Crippen LogP contribution in [0, 0.1) is 6.92 Å². The molecule has 0 unspecified atom stereocenters. The highest BCUT2D eigenvalue weighted by Gasteiger charge is 2.40. The van der Waals surface area contributed by atoms with Crippen molar-refractivity contribution < 1.29 is 14.6 Å². The molecule has 1 saturated heterocycles. The minimum absolute atomic E-state index is 0.276.